The first-order valence-electron chi connectivity index (χ1n) is 6.69. The normalized spacial score (nSPS) is 23.0. The van der Waals surface area contributed by atoms with Gasteiger partial charge < -0.3 is 4.90 Å². The average Bonchev–Trinajstić information content (AvgIpc) is 3.19. The third kappa shape index (κ3) is 1.24. The van der Waals surface area contributed by atoms with Crippen LogP contribution in [0.25, 0.3) is 0 Å². The zero-order valence-electron chi connectivity index (χ0n) is 11.4. The summed E-state index contributed by atoms with van der Waals surface area (Å²) in [6.45, 7) is 2.05. The highest BCUT2D eigenvalue weighted by Gasteiger charge is 2.62. The van der Waals surface area contributed by atoms with Crippen LogP contribution in [0.3, 0.4) is 0 Å². The molecule has 0 saturated carbocycles. The van der Waals surface area contributed by atoms with Crippen molar-refractivity contribution in [3.63, 3.8) is 0 Å². The van der Waals surface area contributed by atoms with Crippen LogP contribution in [-0.4, -0.2) is 18.7 Å². The van der Waals surface area contributed by atoms with E-state index >= 15 is 0 Å². The fourth-order valence-electron chi connectivity index (χ4n) is 3.00. The summed E-state index contributed by atoms with van der Waals surface area (Å²) < 4.78 is 0. The number of amides is 1. The Kier molecular flexibility index (Phi) is 2.04. The van der Waals surface area contributed by atoms with Gasteiger partial charge in [0.1, 0.15) is 0 Å². The molecule has 1 atom stereocenters. The molecule has 98 valence electrons. The molecule has 1 spiro atoms. The number of aliphatic imine (C=N–C) groups is 1. The lowest BCUT2D eigenvalue weighted by Gasteiger charge is -2.09. The second-order valence-corrected chi connectivity index (χ2v) is 5.42. The first-order chi connectivity index (χ1) is 9.64. The molecule has 2 aliphatic heterocycles. The summed E-state index contributed by atoms with van der Waals surface area (Å²) in [5.41, 5.74) is 4.35. The zero-order chi connectivity index (χ0) is 13.9. The molecule has 4 rings (SSSR count). The molecule has 0 radical (unpaired) electrons. The fourth-order valence-corrected chi connectivity index (χ4v) is 3.00. The van der Waals surface area contributed by atoms with E-state index in [-0.39, 0.29) is 5.91 Å². The predicted octanol–water partition coefficient (Wildman–Crippen LogP) is 2.67. The van der Waals surface area contributed by atoms with E-state index in [0.717, 1.165) is 22.5 Å². The monoisotopic (exact) mass is 262 g/mol. The van der Waals surface area contributed by atoms with Gasteiger partial charge >= 0.3 is 0 Å². The van der Waals surface area contributed by atoms with Crippen molar-refractivity contribution in [2.24, 2.45) is 4.99 Å². The smallest absolute Gasteiger partial charge is 0.265 e. The number of hydrogen-bond donors (Lipinski definition) is 0. The van der Waals surface area contributed by atoms with Crippen LogP contribution in [0, 0.1) is 6.92 Å². The molecule has 1 amide bonds. The zero-order valence-corrected chi connectivity index (χ0v) is 11.4. The summed E-state index contributed by atoms with van der Waals surface area (Å²) in [6, 6.07) is 16.1. The minimum Gasteiger partial charge on any atom is -0.312 e. The molecular weight excluding hydrogens is 248 g/mol. The topological polar surface area (TPSA) is 32.7 Å². The Morgan fingerprint density at radius 3 is 2.50 bits per heavy atom. The van der Waals surface area contributed by atoms with Gasteiger partial charge in [0.15, 0.2) is 0 Å². The Bertz CT molecular complexity index is 761. The highest BCUT2D eigenvalue weighted by Crippen LogP contribution is 2.52. The summed E-state index contributed by atoms with van der Waals surface area (Å²) in [4.78, 5) is 18.9. The van der Waals surface area contributed by atoms with Crippen molar-refractivity contribution in [1.82, 2.24) is 0 Å². The molecule has 2 aromatic rings. The van der Waals surface area contributed by atoms with Gasteiger partial charge in [0.25, 0.3) is 5.91 Å². The van der Waals surface area contributed by atoms with Crippen molar-refractivity contribution >= 4 is 17.3 Å². The highest BCUT2D eigenvalue weighted by molar-refractivity contribution is 6.35. The number of carbonyl (C=O) groups excluding carboxylic acids is 1. The number of likely N-dealkylation sites (N-methyl/N-ethyl adjacent to an activating group) is 1. The van der Waals surface area contributed by atoms with Crippen molar-refractivity contribution in [2.75, 3.05) is 11.9 Å². The van der Waals surface area contributed by atoms with Crippen molar-refractivity contribution in [1.29, 1.82) is 0 Å². The van der Waals surface area contributed by atoms with Gasteiger partial charge in [-0.1, -0.05) is 48.0 Å². The van der Waals surface area contributed by atoms with E-state index in [9.17, 15) is 4.79 Å². The summed E-state index contributed by atoms with van der Waals surface area (Å²) in [7, 11) is 1.82. The molecule has 3 heteroatoms. The lowest BCUT2D eigenvalue weighted by molar-refractivity contribution is -0.119. The molecule has 1 unspecified atom stereocenters. The molecule has 2 heterocycles. The van der Waals surface area contributed by atoms with Crippen molar-refractivity contribution in [2.45, 2.75) is 12.5 Å². The largest absolute Gasteiger partial charge is 0.312 e. The van der Waals surface area contributed by atoms with E-state index in [4.69, 9.17) is 0 Å². The molecule has 20 heavy (non-hydrogen) atoms. The minimum atomic E-state index is -0.749. The number of benzene rings is 2. The molecule has 2 aliphatic rings. The molecular formula is C17H14N2O. The van der Waals surface area contributed by atoms with Gasteiger partial charge in [0.05, 0.1) is 5.71 Å². The predicted molar refractivity (Wildman–Crippen MR) is 79.2 cm³/mol. The van der Waals surface area contributed by atoms with Crippen LogP contribution in [0.2, 0.25) is 0 Å². The fraction of sp³-hybridized carbons (Fsp3) is 0.176. The van der Waals surface area contributed by atoms with Crippen LogP contribution in [-0.2, 0) is 10.3 Å². The van der Waals surface area contributed by atoms with E-state index in [0.29, 0.717) is 0 Å². The molecule has 0 saturated heterocycles. The molecule has 0 aromatic heterocycles. The third-order valence-electron chi connectivity index (χ3n) is 4.17. The highest BCUT2D eigenvalue weighted by atomic mass is 16.2. The van der Waals surface area contributed by atoms with Crippen LogP contribution in [0.1, 0.15) is 16.7 Å². The van der Waals surface area contributed by atoms with Gasteiger partial charge in [-0.2, -0.15) is 0 Å². The summed E-state index contributed by atoms with van der Waals surface area (Å²) in [6.07, 6.45) is 0. The lowest BCUT2D eigenvalue weighted by atomic mass is 9.91. The SMILES string of the molecule is Cc1ccc(C2=NC23C(=O)N(C)c2ccccc23)cc1. The standard InChI is InChI=1S/C17H14N2O/c1-11-7-9-12(10-8-11)15-17(18-15)13-5-3-4-6-14(13)19(2)16(17)20/h3-10H,1-2H3. The lowest BCUT2D eigenvalue weighted by Crippen LogP contribution is -2.32. The number of carbonyl (C=O) groups is 1. The first kappa shape index (κ1) is 11.4. The first-order valence-corrected chi connectivity index (χ1v) is 6.69. The molecule has 0 bridgehead atoms. The van der Waals surface area contributed by atoms with E-state index in [1.54, 1.807) is 4.90 Å². The van der Waals surface area contributed by atoms with Crippen LogP contribution >= 0.6 is 0 Å². The Morgan fingerprint density at radius 2 is 1.75 bits per heavy atom. The van der Waals surface area contributed by atoms with E-state index in [1.807, 2.05) is 43.4 Å². The van der Waals surface area contributed by atoms with E-state index < -0.39 is 5.54 Å². The second kappa shape index (κ2) is 3.57. The minimum absolute atomic E-state index is 0.0503. The number of rotatable bonds is 1. The Balaban J connectivity index is 1.82. The maximum Gasteiger partial charge on any atom is 0.265 e. The maximum atomic E-state index is 12.6. The Morgan fingerprint density at radius 1 is 1.05 bits per heavy atom. The molecule has 0 N–H and O–H groups in total. The average molecular weight is 262 g/mol. The number of para-hydroxylation sites is 1. The number of anilines is 1. The Labute approximate surface area is 117 Å². The number of nitrogens with zero attached hydrogens (tertiary/aromatic N) is 2. The van der Waals surface area contributed by atoms with Gasteiger partial charge in [-0.25, -0.2) is 0 Å². The Hall–Kier alpha value is -2.42. The van der Waals surface area contributed by atoms with Gasteiger partial charge in [-0.3, -0.25) is 9.79 Å². The summed E-state index contributed by atoms with van der Waals surface area (Å²) >= 11 is 0. The van der Waals surface area contributed by atoms with Gasteiger partial charge in [0, 0.05) is 18.3 Å². The van der Waals surface area contributed by atoms with Gasteiger partial charge in [0.2, 0.25) is 5.54 Å². The number of aryl methyl sites for hydroxylation is 1. The maximum absolute atomic E-state index is 12.6. The van der Waals surface area contributed by atoms with Crippen LogP contribution in [0.5, 0.6) is 0 Å². The molecule has 3 nitrogen and oxygen atoms in total. The molecule has 0 aliphatic carbocycles. The second-order valence-electron chi connectivity index (χ2n) is 5.42. The van der Waals surface area contributed by atoms with Crippen LogP contribution < -0.4 is 4.90 Å². The number of hydrogen-bond acceptors (Lipinski definition) is 2. The van der Waals surface area contributed by atoms with Crippen molar-refractivity contribution in [3.05, 3.63) is 65.2 Å². The number of fused-ring (bicyclic) bond motifs is 2. The van der Waals surface area contributed by atoms with E-state index in [1.165, 1.54) is 5.56 Å². The molecule has 2 aromatic carbocycles. The van der Waals surface area contributed by atoms with Gasteiger partial charge in [-0.15, -0.1) is 0 Å². The van der Waals surface area contributed by atoms with Crippen molar-refractivity contribution < 1.29 is 4.79 Å². The quantitative estimate of drug-likeness (QED) is 0.777. The summed E-state index contributed by atoms with van der Waals surface area (Å²) in [5, 5.41) is 0. The van der Waals surface area contributed by atoms with Crippen molar-refractivity contribution in [3.8, 4) is 0 Å². The van der Waals surface area contributed by atoms with E-state index in [2.05, 4.69) is 24.0 Å². The third-order valence-corrected chi connectivity index (χ3v) is 4.17. The van der Waals surface area contributed by atoms with Crippen LogP contribution in [0.4, 0.5) is 5.69 Å². The van der Waals surface area contributed by atoms with Crippen LogP contribution in [0.15, 0.2) is 53.5 Å². The van der Waals surface area contributed by atoms with Gasteiger partial charge in [-0.05, 0) is 18.6 Å². The molecule has 0 fully saturated rings. The summed E-state index contributed by atoms with van der Waals surface area (Å²) in [5.74, 6) is 0.0503.